The number of nitrogen functional groups attached to an aromatic ring is 1. The molecule has 0 saturated heterocycles. The number of rotatable bonds is 2. The van der Waals surface area contributed by atoms with Gasteiger partial charge in [-0.3, -0.25) is 0 Å². The number of anilines is 2. The topological polar surface area (TPSA) is 111 Å². The van der Waals surface area contributed by atoms with Gasteiger partial charge < -0.3 is 15.7 Å². The minimum absolute atomic E-state index is 0.0755. The zero-order chi connectivity index (χ0) is 14.3. The maximum Gasteiger partial charge on any atom is 0.403 e. The Morgan fingerprint density at radius 2 is 1.90 bits per heavy atom. The third-order valence-corrected chi connectivity index (χ3v) is 2.90. The number of pyridine rings is 1. The quantitative estimate of drug-likeness (QED) is 0.599. The molecule has 3 heterocycles. The molecule has 0 atom stereocenters. The number of aromatic amines is 1. The van der Waals surface area contributed by atoms with E-state index in [0.717, 1.165) is 5.69 Å². The molecule has 0 spiro atoms. The van der Waals surface area contributed by atoms with Gasteiger partial charge in [0.2, 0.25) is 5.95 Å². The van der Waals surface area contributed by atoms with E-state index in [2.05, 4.69) is 19.9 Å². The van der Waals surface area contributed by atoms with Gasteiger partial charge in [-0.2, -0.15) is 4.98 Å². The first kappa shape index (κ1) is 12.2. The Bertz CT molecular complexity index is 763. The molecule has 0 radical (unpaired) electrons. The van der Waals surface area contributed by atoms with Gasteiger partial charge in [-0.1, -0.05) is 0 Å². The molecule has 0 bridgehead atoms. The van der Waals surface area contributed by atoms with Crippen molar-refractivity contribution in [2.75, 3.05) is 24.7 Å². The third-order valence-electron chi connectivity index (χ3n) is 2.90. The first-order valence-electron chi connectivity index (χ1n) is 5.94. The van der Waals surface area contributed by atoms with Gasteiger partial charge in [-0.15, -0.1) is 0 Å². The molecule has 0 aliphatic rings. The summed E-state index contributed by atoms with van der Waals surface area (Å²) in [5, 5.41) is 11.7. The lowest BCUT2D eigenvalue weighted by Crippen LogP contribution is -2.31. The summed E-state index contributed by atoms with van der Waals surface area (Å²) in [4.78, 5) is 16.6. The Kier molecular flexibility index (Phi) is 2.63. The number of nitrogens with one attached hydrogen (secondary N) is 1. The molecule has 3 aromatic heterocycles. The Labute approximate surface area is 114 Å². The van der Waals surface area contributed by atoms with Crippen LogP contribution in [0.3, 0.4) is 0 Å². The van der Waals surface area contributed by atoms with Crippen molar-refractivity contribution in [2.45, 2.75) is 0 Å². The fourth-order valence-corrected chi connectivity index (χ4v) is 1.86. The van der Waals surface area contributed by atoms with Crippen LogP contribution in [-0.4, -0.2) is 34.0 Å². The Morgan fingerprint density at radius 1 is 1.20 bits per heavy atom. The molecular formula is C12H13N7O. The van der Waals surface area contributed by atoms with Crippen molar-refractivity contribution in [3.63, 3.8) is 0 Å². The third kappa shape index (κ3) is 1.96. The van der Waals surface area contributed by atoms with Gasteiger partial charge in [-0.25, -0.2) is 14.5 Å². The largest absolute Gasteiger partial charge is 0.856 e. The Balaban J connectivity index is 2.08. The summed E-state index contributed by atoms with van der Waals surface area (Å²) in [6.45, 7) is 0. The number of hydrogen-bond donors (Lipinski definition) is 2. The number of hydrogen-bond acceptors (Lipinski definition) is 6. The summed E-state index contributed by atoms with van der Waals surface area (Å²) in [7, 11) is 3.92. The van der Waals surface area contributed by atoms with Gasteiger partial charge in [0, 0.05) is 25.7 Å². The van der Waals surface area contributed by atoms with Crippen molar-refractivity contribution in [3.8, 4) is 11.8 Å². The molecule has 8 nitrogen and oxygen atoms in total. The molecule has 3 aromatic rings. The smallest absolute Gasteiger partial charge is 0.403 e. The normalized spacial score (nSPS) is 10.9. The van der Waals surface area contributed by atoms with E-state index < -0.39 is 5.88 Å². The van der Waals surface area contributed by atoms with Crippen LogP contribution in [0.25, 0.3) is 17.1 Å². The lowest BCUT2D eigenvalue weighted by Gasteiger charge is -2.11. The van der Waals surface area contributed by atoms with E-state index in [9.17, 15) is 5.11 Å². The molecule has 102 valence electrons. The van der Waals surface area contributed by atoms with Crippen LogP contribution in [0.4, 0.5) is 11.6 Å². The highest BCUT2D eigenvalue weighted by molar-refractivity contribution is 5.77. The van der Waals surface area contributed by atoms with Crippen LogP contribution in [0.5, 0.6) is 5.88 Å². The molecule has 0 aliphatic heterocycles. The average molecular weight is 271 g/mol. The van der Waals surface area contributed by atoms with Gasteiger partial charge in [-0.05, 0) is 17.1 Å². The van der Waals surface area contributed by atoms with Gasteiger partial charge in [0.05, 0.1) is 12.4 Å². The molecule has 3 rings (SSSR count). The molecule has 0 aromatic carbocycles. The van der Waals surface area contributed by atoms with Crippen molar-refractivity contribution in [3.05, 3.63) is 24.5 Å². The maximum atomic E-state index is 11.7. The fourth-order valence-electron chi connectivity index (χ4n) is 1.86. The summed E-state index contributed by atoms with van der Waals surface area (Å²) in [6, 6.07) is 3.87. The summed E-state index contributed by atoms with van der Waals surface area (Å²) in [5.41, 5.74) is 7.01. The zero-order valence-electron chi connectivity index (χ0n) is 11.0. The highest BCUT2D eigenvalue weighted by Gasteiger charge is 2.16. The maximum absolute atomic E-state index is 11.7. The van der Waals surface area contributed by atoms with Gasteiger partial charge in [0.25, 0.3) is 5.65 Å². The second kappa shape index (κ2) is 4.34. The van der Waals surface area contributed by atoms with Crippen molar-refractivity contribution < 1.29 is 9.67 Å². The lowest BCUT2D eigenvalue weighted by atomic mass is 10.4. The lowest BCUT2D eigenvalue weighted by molar-refractivity contribution is -0.603. The second-order valence-electron chi connectivity index (χ2n) is 4.50. The molecule has 0 amide bonds. The molecule has 0 saturated carbocycles. The number of H-pyrrole nitrogens is 1. The zero-order valence-corrected chi connectivity index (χ0v) is 11.0. The predicted molar refractivity (Wildman–Crippen MR) is 71.4 cm³/mol. The van der Waals surface area contributed by atoms with Crippen molar-refractivity contribution in [1.29, 1.82) is 0 Å². The molecule has 0 unspecified atom stereocenters. The van der Waals surface area contributed by atoms with Crippen molar-refractivity contribution >= 4 is 22.8 Å². The van der Waals surface area contributed by atoms with E-state index >= 15 is 0 Å². The van der Waals surface area contributed by atoms with E-state index in [1.807, 2.05) is 43.5 Å². The first-order chi connectivity index (χ1) is 9.54. The van der Waals surface area contributed by atoms with Crippen LogP contribution in [-0.2, 0) is 0 Å². The van der Waals surface area contributed by atoms with Crippen molar-refractivity contribution in [1.82, 2.24) is 19.9 Å². The number of aromatic nitrogens is 5. The number of nitrogens with zero attached hydrogens (tertiary/aromatic N) is 5. The highest BCUT2D eigenvalue weighted by atomic mass is 16.3. The monoisotopic (exact) mass is 271 g/mol. The minimum Gasteiger partial charge on any atom is -0.856 e. The number of imidazole rings is 1. The van der Waals surface area contributed by atoms with Crippen LogP contribution in [0.15, 0.2) is 24.5 Å². The summed E-state index contributed by atoms with van der Waals surface area (Å²) in [6.07, 6.45) is 3.68. The number of fused-ring (bicyclic) bond motifs is 1. The fraction of sp³-hybridized carbons (Fsp3) is 0.167. The molecule has 20 heavy (non-hydrogen) atoms. The van der Waals surface area contributed by atoms with Crippen LogP contribution in [0, 0.1) is 0 Å². The molecule has 0 fully saturated rings. The van der Waals surface area contributed by atoms with Crippen LogP contribution >= 0.6 is 0 Å². The van der Waals surface area contributed by atoms with E-state index in [1.165, 1.54) is 0 Å². The van der Waals surface area contributed by atoms with Gasteiger partial charge in [0.1, 0.15) is 0 Å². The Morgan fingerprint density at radius 3 is 2.55 bits per heavy atom. The Hall–Kier alpha value is -2.90. The van der Waals surface area contributed by atoms with Crippen LogP contribution < -0.4 is 20.3 Å². The van der Waals surface area contributed by atoms with Crippen LogP contribution in [0.1, 0.15) is 0 Å². The first-order valence-corrected chi connectivity index (χ1v) is 5.94. The average Bonchev–Trinajstić information content (AvgIpc) is 2.83. The van der Waals surface area contributed by atoms with Gasteiger partial charge >= 0.3 is 5.95 Å². The van der Waals surface area contributed by atoms with E-state index in [1.54, 1.807) is 4.57 Å². The van der Waals surface area contributed by atoms with Crippen molar-refractivity contribution in [2.24, 2.45) is 0 Å². The molecule has 8 heteroatoms. The van der Waals surface area contributed by atoms with E-state index in [-0.39, 0.29) is 17.1 Å². The minimum atomic E-state index is -0.461. The van der Waals surface area contributed by atoms with E-state index in [4.69, 9.17) is 5.73 Å². The predicted octanol–water partition coefficient (Wildman–Crippen LogP) is -0.649. The highest BCUT2D eigenvalue weighted by Crippen LogP contribution is 2.17. The van der Waals surface area contributed by atoms with E-state index in [0.29, 0.717) is 5.95 Å². The number of nitrogens with two attached hydrogens (primary N) is 1. The second-order valence-corrected chi connectivity index (χ2v) is 4.50. The molecule has 3 N–H and O–H groups in total. The standard InChI is InChI=1S/C12H13N7O/c1-18(2)7-3-5-19(6-4-7)12-14-8-9(16-12)15-11(13)17-10(8)20/h3-6H,1-2H3,(H3-,13,14,15,16,17,20). The van der Waals surface area contributed by atoms with Crippen LogP contribution in [0.2, 0.25) is 0 Å². The SMILES string of the molecule is CN(C)c1cc[n+](-c2nc3nc(N)nc([O-])c3[nH]2)cc1. The van der Waals surface area contributed by atoms with Gasteiger partial charge in [0.15, 0.2) is 5.52 Å². The molecule has 0 aliphatic carbocycles. The molecular weight excluding hydrogens is 258 g/mol. The summed E-state index contributed by atoms with van der Waals surface area (Å²) in [5.74, 6) is -0.0485. The summed E-state index contributed by atoms with van der Waals surface area (Å²) < 4.78 is 1.75. The summed E-state index contributed by atoms with van der Waals surface area (Å²) >= 11 is 0.